The zero-order valence-electron chi connectivity index (χ0n) is 10.3. The molecular weight excluding hydrogens is 264 g/mol. The van der Waals surface area contributed by atoms with E-state index in [0.717, 1.165) is 10.6 Å². The van der Waals surface area contributed by atoms with Crippen molar-refractivity contribution in [2.24, 2.45) is 5.73 Å². The van der Waals surface area contributed by atoms with Crippen LogP contribution in [-0.2, 0) is 6.54 Å². The van der Waals surface area contributed by atoms with Gasteiger partial charge in [-0.3, -0.25) is 4.79 Å². The van der Waals surface area contributed by atoms with Crippen molar-refractivity contribution in [1.82, 2.24) is 4.98 Å². The number of nitrogens with two attached hydrogens (primary N) is 2. The van der Waals surface area contributed by atoms with Gasteiger partial charge in [-0.2, -0.15) is 0 Å². The predicted molar refractivity (Wildman–Crippen MR) is 75.4 cm³/mol. The molecule has 2 aromatic heterocycles. The van der Waals surface area contributed by atoms with Crippen molar-refractivity contribution in [3.8, 4) is 5.88 Å². The summed E-state index contributed by atoms with van der Waals surface area (Å²) < 4.78 is 4.98. The van der Waals surface area contributed by atoms with Crippen molar-refractivity contribution in [3.63, 3.8) is 0 Å². The lowest BCUT2D eigenvalue weighted by Crippen LogP contribution is -2.10. The van der Waals surface area contributed by atoms with Gasteiger partial charge in [-0.1, -0.05) is 6.07 Å². The van der Waals surface area contributed by atoms with Crippen molar-refractivity contribution < 1.29 is 9.53 Å². The fraction of sp³-hybridized carbons (Fsp3) is 0.167. The lowest BCUT2D eigenvalue weighted by atomic mass is 10.3. The summed E-state index contributed by atoms with van der Waals surface area (Å²) in [5, 5.41) is 3.96. The van der Waals surface area contributed by atoms with Crippen molar-refractivity contribution in [2.75, 3.05) is 18.2 Å². The van der Waals surface area contributed by atoms with Gasteiger partial charge in [-0.05, 0) is 11.6 Å². The number of methoxy groups -OCH3 is 1. The number of amides is 1. The van der Waals surface area contributed by atoms with Crippen molar-refractivity contribution in [3.05, 3.63) is 34.8 Å². The second kappa shape index (κ2) is 5.57. The first kappa shape index (κ1) is 13.2. The van der Waals surface area contributed by atoms with Crippen LogP contribution in [-0.4, -0.2) is 18.0 Å². The van der Waals surface area contributed by atoms with E-state index in [1.54, 1.807) is 25.4 Å². The normalized spacial score (nSPS) is 10.2. The molecule has 6 nitrogen and oxygen atoms in total. The number of carbonyl (C=O) groups excluding carboxylic acids is 1. The van der Waals surface area contributed by atoms with E-state index in [1.165, 1.54) is 11.3 Å². The van der Waals surface area contributed by atoms with Crippen LogP contribution in [0.25, 0.3) is 0 Å². The molecule has 5 N–H and O–H groups in total. The molecule has 0 aliphatic carbocycles. The minimum Gasteiger partial charge on any atom is -0.481 e. The van der Waals surface area contributed by atoms with Gasteiger partial charge in [-0.15, -0.1) is 11.3 Å². The summed E-state index contributed by atoms with van der Waals surface area (Å²) in [7, 11) is 1.57. The van der Waals surface area contributed by atoms with E-state index in [2.05, 4.69) is 10.3 Å². The third-order valence-corrected chi connectivity index (χ3v) is 3.58. The van der Waals surface area contributed by atoms with Crippen LogP contribution in [0.4, 0.5) is 10.7 Å². The van der Waals surface area contributed by atoms with Crippen LogP contribution in [0.2, 0.25) is 0 Å². The van der Waals surface area contributed by atoms with Crippen LogP contribution in [0.5, 0.6) is 5.88 Å². The summed E-state index contributed by atoms with van der Waals surface area (Å²) in [5.41, 5.74) is 12.3. The number of primary amides is 1. The molecule has 0 spiro atoms. The molecule has 100 valence electrons. The van der Waals surface area contributed by atoms with E-state index < -0.39 is 5.91 Å². The maximum Gasteiger partial charge on any atom is 0.260 e. The predicted octanol–water partition coefficient (Wildman–Crippen LogP) is 1.44. The number of rotatable bonds is 5. The molecule has 0 saturated heterocycles. The summed E-state index contributed by atoms with van der Waals surface area (Å²) in [6, 6.07) is 5.39. The highest BCUT2D eigenvalue weighted by Crippen LogP contribution is 2.29. The average molecular weight is 278 g/mol. The Morgan fingerprint density at radius 1 is 1.53 bits per heavy atom. The number of hydrogen-bond acceptors (Lipinski definition) is 6. The van der Waals surface area contributed by atoms with Gasteiger partial charge in [0.25, 0.3) is 5.91 Å². The van der Waals surface area contributed by atoms with Gasteiger partial charge in [-0.25, -0.2) is 4.98 Å². The fourth-order valence-corrected chi connectivity index (χ4v) is 2.34. The van der Waals surface area contributed by atoms with Crippen LogP contribution in [0.3, 0.4) is 0 Å². The Balaban J connectivity index is 2.01. The zero-order valence-corrected chi connectivity index (χ0v) is 11.2. The lowest BCUT2D eigenvalue weighted by Gasteiger charge is -2.04. The Morgan fingerprint density at radius 2 is 2.32 bits per heavy atom. The van der Waals surface area contributed by atoms with E-state index in [1.807, 2.05) is 6.07 Å². The molecule has 0 bridgehead atoms. The Kier molecular flexibility index (Phi) is 3.86. The topological polar surface area (TPSA) is 103 Å². The number of pyridine rings is 1. The SMILES string of the molecule is COc1ccc(CNc2cc(N)c(C(N)=O)s2)cn1. The van der Waals surface area contributed by atoms with E-state index >= 15 is 0 Å². The molecule has 0 fully saturated rings. The second-order valence-corrected chi connectivity index (χ2v) is 4.87. The number of thiophene rings is 1. The molecule has 0 saturated carbocycles. The molecule has 2 aromatic rings. The summed E-state index contributed by atoms with van der Waals surface area (Å²) >= 11 is 1.24. The van der Waals surface area contributed by atoms with Gasteiger partial charge in [0.1, 0.15) is 4.88 Å². The van der Waals surface area contributed by atoms with Gasteiger partial charge < -0.3 is 21.5 Å². The molecule has 0 atom stereocenters. The molecule has 0 aliphatic heterocycles. The smallest absolute Gasteiger partial charge is 0.260 e. The maximum atomic E-state index is 11.1. The monoisotopic (exact) mass is 278 g/mol. The third kappa shape index (κ3) is 3.14. The van der Waals surface area contributed by atoms with E-state index in [4.69, 9.17) is 16.2 Å². The van der Waals surface area contributed by atoms with Gasteiger partial charge in [0.15, 0.2) is 0 Å². The third-order valence-electron chi connectivity index (χ3n) is 2.46. The minimum absolute atomic E-state index is 0.371. The zero-order chi connectivity index (χ0) is 13.8. The van der Waals surface area contributed by atoms with Crippen LogP contribution in [0.1, 0.15) is 15.2 Å². The summed E-state index contributed by atoms with van der Waals surface area (Å²) in [6.07, 6.45) is 1.72. The molecule has 2 heterocycles. The number of nitrogen functional groups attached to an aromatic ring is 1. The van der Waals surface area contributed by atoms with Crippen LogP contribution in [0, 0.1) is 0 Å². The Bertz CT molecular complexity index is 580. The molecule has 2 rings (SSSR count). The molecule has 0 radical (unpaired) electrons. The number of nitrogens with one attached hydrogen (secondary N) is 1. The number of ether oxygens (including phenoxy) is 1. The highest BCUT2D eigenvalue weighted by Gasteiger charge is 2.10. The lowest BCUT2D eigenvalue weighted by molar-refractivity contribution is 0.100. The highest BCUT2D eigenvalue weighted by molar-refractivity contribution is 7.18. The molecule has 1 amide bonds. The molecule has 0 aromatic carbocycles. The number of hydrogen-bond donors (Lipinski definition) is 3. The maximum absolute atomic E-state index is 11.1. The number of nitrogens with zero attached hydrogens (tertiary/aromatic N) is 1. The molecule has 7 heteroatoms. The van der Waals surface area contributed by atoms with Gasteiger partial charge in [0, 0.05) is 18.8 Å². The van der Waals surface area contributed by atoms with Crippen molar-refractivity contribution in [2.45, 2.75) is 6.54 Å². The number of aromatic nitrogens is 1. The van der Waals surface area contributed by atoms with Gasteiger partial charge >= 0.3 is 0 Å². The second-order valence-electron chi connectivity index (χ2n) is 3.82. The van der Waals surface area contributed by atoms with Gasteiger partial charge in [0.05, 0.1) is 17.8 Å². The Labute approximate surface area is 114 Å². The first-order chi connectivity index (χ1) is 9.10. The number of carbonyl (C=O) groups is 1. The Morgan fingerprint density at radius 3 is 2.84 bits per heavy atom. The largest absolute Gasteiger partial charge is 0.481 e. The summed E-state index contributed by atoms with van der Waals surface area (Å²) in [5.74, 6) is 0.0572. The average Bonchev–Trinajstić information content (AvgIpc) is 2.78. The summed E-state index contributed by atoms with van der Waals surface area (Å²) in [4.78, 5) is 15.6. The molecule has 0 unspecified atom stereocenters. The standard InChI is InChI=1S/C12H14N4O2S/c1-18-9-3-2-7(5-15-9)6-16-10-4-8(13)11(19-10)12(14)17/h2-5,16H,6,13H2,1H3,(H2,14,17). The van der Waals surface area contributed by atoms with Crippen molar-refractivity contribution >= 4 is 27.9 Å². The quantitative estimate of drug-likeness (QED) is 0.768. The van der Waals surface area contributed by atoms with Crippen molar-refractivity contribution in [1.29, 1.82) is 0 Å². The first-order valence-corrected chi connectivity index (χ1v) is 6.33. The molecule has 0 aliphatic rings. The van der Waals surface area contributed by atoms with Crippen LogP contribution >= 0.6 is 11.3 Å². The van der Waals surface area contributed by atoms with E-state index in [9.17, 15) is 4.79 Å². The van der Waals surface area contributed by atoms with Crippen LogP contribution < -0.4 is 21.5 Å². The van der Waals surface area contributed by atoms with Crippen LogP contribution in [0.15, 0.2) is 24.4 Å². The molecule has 19 heavy (non-hydrogen) atoms. The number of anilines is 2. The van der Waals surface area contributed by atoms with Gasteiger partial charge in [0.2, 0.25) is 5.88 Å². The fourth-order valence-electron chi connectivity index (χ4n) is 1.51. The first-order valence-electron chi connectivity index (χ1n) is 5.52. The Hall–Kier alpha value is -2.28. The highest BCUT2D eigenvalue weighted by atomic mass is 32.1. The minimum atomic E-state index is -0.512. The summed E-state index contributed by atoms with van der Waals surface area (Å²) in [6.45, 7) is 0.579. The molecular formula is C12H14N4O2S. The van der Waals surface area contributed by atoms with E-state index in [0.29, 0.717) is 23.0 Å². The van der Waals surface area contributed by atoms with E-state index in [-0.39, 0.29) is 0 Å².